The summed E-state index contributed by atoms with van der Waals surface area (Å²) in [6, 6.07) is 53.2. The highest BCUT2D eigenvalue weighted by Gasteiger charge is 2.20. The van der Waals surface area contributed by atoms with Crippen LogP contribution in [0.25, 0.3) is 54.2 Å². The quantitative estimate of drug-likeness (QED) is 0.168. The second-order valence-electron chi connectivity index (χ2n) is 10.7. The minimum Gasteiger partial charge on any atom is -0.310 e. The predicted octanol–water partition coefficient (Wildman–Crippen LogP) is 11.2. The molecule has 8 aromatic carbocycles. The van der Waals surface area contributed by atoms with Crippen molar-refractivity contribution in [1.29, 1.82) is 0 Å². The minimum absolute atomic E-state index is 1.14. The van der Waals surface area contributed by atoms with Gasteiger partial charge >= 0.3 is 0 Å². The van der Waals surface area contributed by atoms with Crippen LogP contribution in [0.2, 0.25) is 0 Å². The van der Waals surface area contributed by atoms with Crippen LogP contribution < -0.4 is 4.90 Å². The van der Waals surface area contributed by atoms with E-state index in [4.69, 9.17) is 0 Å². The molecule has 0 N–H and O–H groups in total. The van der Waals surface area contributed by atoms with Crippen molar-refractivity contribution in [3.05, 3.63) is 151 Å². The lowest BCUT2D eigenvalue weighted by Crippen LogP contribution is -2.10. The van der Waals surface area contributed by atoms with E-state index in [-0.39, 0.29) is 0 Å². The lowest BCUT2D eigenvalue weighted by atomic mass is 9.89. The average Bonchev–Trinajstić information content (AvgIpc) is 3.02. The molecular formula is C39H27N. The fourth-order valence-electron chi connectivity index (χ4n) is 6.40. The molecule has 0 unspecified atom stereocenters. The Labute approximate surface area is 233 Å². The highest BCUT2D eigenvalue weighted by molar-refractivity contribution is 6.34. The van der Waals surface area contributed by atoms with Gasteiger partial charge in [0.1, 0.15) is 0 Å². The second-order valence-corrected chi connectivity index (χ2v) is 10.7. The van der Waals surface area contributed by atoms with Gasteiger partial charge in [0.05, 0.1) is 5.69 Å². The molecule has 0 spiro atoms. The van der Waals surface area contributed by atoms with Gasteiger partial charge in [-0.25, -0.2) is 0 Å². The summed E-state index contributed by atoms with van der Waals surface area (Å²) in [7, 11) is 0. The van der Waals surface area contributed by atoms with E-state index in [1.54, 1.807) is 0 Å². The number of anilines is 3. The third-order valence-corrected chi connectivity index (χ3v) is 8.25. The van der Waals surface area contributed by atoms with Gasteiger partial charge in [-0.3, -0.25) is 0 Å². The first-order valence-electron chi connectivity index (χ1n) is 13.9. The van der Waals surface area contributed by atoms with E-state index in [2.05, 4.69) is 157 Å². The molecule has 0 saturated heterocycles. The molecule has 0 aliphatic heterocycles. The third-order valence-electron chi connectivity index (χ3n) is 8.25. The van der Waals surface area contributed by atoms with Gasteiger partial charge in [0.2, 0.25) is 0 Å². The van der Waals surface area contributed by atoms with Crippen molar-refractivity contribution in [2.24, 2.45) is 0 Å². The maximum atomic E-state index is 2.41. The minimum atomic E-state index is 1.14. The molecule has 1 nitrogen and oxygen atoms in total. The normalized spacial score (nSPS) is 11.6. The van der Waals surface area contributed by atoms with E-state index in [1.807, 2.05) is 0 Å². The van der Waals surface area contributed by atoms with Gasteiger partial charge in [-0.05, 0) is 86.1 Å². The Bertz CT molecular complexity index is 2110. The van der Waals surface area contributed by atoms with Crippen molar-refractivity contribution in [3.8, 4) is 11.1 Å². The summed E-state index contributed by atoms with van der Waals surface area (Å²) in [5.41, 5.74) is 7.15. The van der Waals surface area contributed by atoms with E-state index < -0.39 is 0 Å². The molecule has 0 radical (unpaired) electrons. The average molecular weight is 510 g/mol. The van der Waals surface area contributed by atoms with Crippen molar-refractivity contribution >= 4 is 60.2 Å². The van der Waals surface area contributed by atoms with Crippen molar-refractivity contribution in [2.45, 2.75) is 6.92 Å². The Morgan fingerprint density at radius 3 is 1.75 bits per heavy atom. The maximum absolute atomic E-state index is 2.41. The predicted molar refractivity (Wildman–Crippen MR) is 173 cm³/mol. The van der Waals surface area contributed by atoms with Crippen LogP contribution in [0.15, 0.2) is 146 Å². The fourth-order valence-corrected chi connectivity index (χ4v) is 6.40. The largest absolute Gasteiger partial charge is 0.310 e. The van der Waals surface area contributed by atoms with Crippen molar-refractivity contribution in [1.82, 2.24) is 0 Å². The first-order chi connectivity index (χ1) is 19.8. The Balaban J connectivity index is 1.44. The molecule has 0 amide bonds. The topological polar surface area (TPSA) is 3.24 Å². The summed E-state index contributed by atoms with van der Waals surface area (Å²) in [5, 5.41) is 10.5. The van der Waals surface area contributed by atoms with Gasteiger partial charge in [-0.1, -0.05) is 121 Å². The third kappa shape index (κ3) is 3.48. The number of hydrogen-bond donors (Lipinski definition) is 0. The summed E-state index contributed by atoms with van der Waals surface area (Å²) in [5.74, 6) is 0. The summed E-state index contributed by atoms with van der Waals surface area (Å²) >= 11 is 0. The zero-order chi connectivity index (χ0) is 26.6. The second kappa shape index (κ2) is 8.97. The molecule has 0 heterocycles. The number of hydrogen-bond acceptors (Lipinski definition) is 1. The smallest absolute Gasteiger partial charge is 0.0540 e. The van der Waals surface area contributed by atoms with Gasteiger partial charge in [0.25, 0.3) is 0 Å². The number of nitrogens with zero attached hydrogens (tertiary/aromatic N) is 1. The van der Waals surface area contributed by atoms with Gasteiger partial charge in [-0.2, -0.15) is 0 Å². The summed E-state index contributed by atoms with van der Waals surface area (Å²) in [6.45, 7) is 2.14. The van der Waals surface area contributed by atoms with Crippen LogP contribution >= 0.6 is 0 Å². The highest BCUT2D eigenvalue weighted by atomic mass is 15.1. The molecule has 8 rings (SSSR count). The van der Waals surface area contributed by atoms with Gasteiger partial charge in [0, 0.05) is 16.8 Å². The van der Waals surface area contributed by atoms with Gasteiger partial charge < -0.3 is 4.90 Å². The molecule has 188 valence electrons. The SMILES string of the molecule is Cc1ccc(N(c2cccc(-c3ccccc3)c2)c2ccc3c4cccc5cccc(c6cccc2c63)c54)cc1. The Kier molecular flexibility index (Phi) is 5.11. The molecule has 0 aliphatic rings. The number of aryl methyl sites for hydroxylation is 1. The van der Waals surface area contributed by atoms with Crippen molar-refractivity contribution < 1.29 is 0 Å². The number of benzene rings is 8. The maximum Gasteiger partial charge on any atom is 0.0540 e. The summed E-state index contributed by atoms with van der Waals surface area (Å²) in [4.78, 5) is 2.41. The van der Waals surface area contributed by atoms with Gasteiger partial charge in [-0.15, -0.1) is 0 Å². The Hall–Kier alpha value is -5.14. The standard InChI is InChI=1S/C39H27N/c1-26-19-21-30(22-20-26)40(31-14-5-13-29(25-31)27-9-3-2-4-10-27)37-24-23-35-33-16-7-12-28-11-6-15-32(38(28)33)34-17-8-18-36(37)39(34)35/h2-25H,1H3. The lowest BCUT2D eigenvalue weighted by molar-refractivity contribution is 1.29. The zero-order valence-corrected chi connectivity index (χ0v) is 22.3. The molecule has 0 fully saturated rings. The van der Waals surface area contributed by atoms with Crippen molar-refractivity contribution in [2.75, 3.05) is 4.90 Å². The zero-order valence-electron chi connectivity index (χ0n) is 22.3. The van der Waals surface area contributed by atoms with Gasteiger partial charge in [0.15, 0.2) is 0 Å². The van der Waals surface area contributed by atoms with E-state index >= 15 is 0 Å². The van der Waals surface area contributed by atoms with E-state index in [0.29, 0.717) is 0 Å². The summed E-state index contributed by atoms with van der Waals surface area (Å²) in [6.07, 6.45) is 0. The molecule has 0 aromatic heterocycles. The number of fused-ring (bicyclic) bond motifs is 2. The van der Waals surface area contributed by atoms with Crippen LogP contribution in [-0.2, 0) is 0 Å². The highest BCUT2D eigenvalue weighted by Crippen LogP contribution is 2.46. The Morgan fingerprint density at radius 1 is 0.400 bits per heavy atom. The fraction of sp³-hybridized carbons (Fsp3) is 0.0256. The van der Waals surface area contributed by atoms with Crippen molar-refractivity contribution in [3.63, 3.8) is 0 Å². The molecule has 0 saturated carbocycles. The Morgan fingerprint density at radius 2 is 1.00 bits per heavy atom. The monoisotopic (exact) mass is 509 g/mol. The van der Waals surface area contributed by atoms with E-state index in [1.165, 1.54) is 65.5 Å². The molecule has 1 heteroatoms. The van der Waals surface area contributed by atoms with Crippen LogP contribution in [0.4, 0.5) is 17.1 Å². The summed E-state index contributed by atoms with van der Waals surface area (Å²) < 4.78 is 0. The van der Waals surface area contributed by atoms with Crippen LogP contribution in [0, 0.1) is 6.92 Å². The number of rotatable bonds is 4. The molecule has 0 atom stereocenters. The molecular weight excluding hydrogens is 482 g/mol. The van der Waals surface area contributed by atoms with Crippen LogP contribution in [0.5, 0.6) is 0 Å². The molecule has 0 aliphatic carbocycles. The molecule has 40 heavy (non-hydrogen) atoms. The van der Waals surface area contributed by atoms with Crippen LogP contribution in [0.3, 0.4) is 0 Å². The van der Waals surface area contributed by atoms with Crippen LogP contribution in [0.1, 0.15) is 5.56 Å². The molecule has 0 bridgehead atoms. The first-order valence-corrected chi connectivity index (χ1v) is 13.9. The van der Waals surface area contributed by atoms with E-state index in [9.17, 15) is 0 Å². The molecule has 8 aromatic rings. The lowest BCUT2D eigenvalue weighted by Gasteiger charge is -2.28. The van der Waals surface area contributed by atoms with E-state index in [0.717, 1.165) is 11.4 Å². The first kappa shape index (κ1) is 22.8. The van der Waals surface area contributed by atoms with Crippen LogP contribution in [-0.4, -0.2) is 0 Å².